The molecule has 8 nitrogen and oxygen atoms in total. The number of anilines is 1. The molecule has 1 unspecified atom stereocenters. The van der Waals surface area contributed by atoms with Gasteiger partial charge in [0.2, 0.25) is 5.95 Å². The molecule has 0 spiro atoms. The highest BCUT2D eigenvalue weighted by molar-refractivity contribution is 5.70. The van der Waals surface area contributed by atoms with E-state index in [1.807, 2.05) is 0 Å². The van der Waals surface area contributed by atoms with Crippen molar-refractivity contribution < 1.29 is 9.47 Å². The Hall–Kier alpha value is -1.93. The second-order valence-electron chi connectivity index (χ2n) is 3.39. The lowest BCUT2D eigenvalue weighted by molar-refractivity contribution is 0.0248. The molecule has 0 saturated carbocycles. The van der Waals surface area contributed by atoms with E-state index in [4.69, 9.17) is 15.2 Å². The highest BCUT2D eigenvalue weighted by Gasteiger charge is 2.21. The quantitative estimate of drug-likeness (QED) is 0.655. The van der Waals surface area contributed by atoms with Crippen LogP contribution in [0.5, 0.6) is 0 Å². The topological polar surface area (TPSA) is 108 Å². The number of H-pyrrole nitrogens is 1. The van der Waals surface area contributed by atoms with E-state index in [-0.39, 0.29) is 30.0 Å². The fourth-order valence-electron chi connectivity index (χ4n) is 1.64. The van der Waals surface area contributed by atoms with E-state index in [2.05, 4.69) is 15.0 Å². The molecule has 1 saturated heterocycles. The molecule has 2 aromatic heterocycles. The average Bonchev–Trinajstić information content (AvgIpc) is 2.83. The first kappa shape index (κ1) is 9.31. The van der Waals surface area contributed by atoms with Gasteiger partial charge in [0.25, 0.3) is 5.56 Å². The van der Waals surface area contributed by atoms with Gasteiger partial charge in [-0.15, -0.1) is 0 Å². The van der Waals surface area contributed by atoms with Gasteiger partial charge in [-0.1, -0.05) is 0 Å². The Morgan fingerprint density at radius 2 is 2.50 bits per heavy atom. The van der Waals surface area contributed by atoms with Crippen LogP contribution in [0.3, 0.4) is 0 Å². The third-order valence-corrected chi connectivity index (χ3v) is 2.37. The maximum atomic E-state index is 11.5. The van der Waals surface area contributed by atoms with Crippen LogP contribution in [0.15, 0.2) is 11.1 Å². The summed E-state index contributed by atoms with van der Waals surface area (Å²) in [6, 6.07) is 0. The minimum atomic E-state index is -0.361. The molecule has 0 bridgehead atoms. The Morgan fingerprint density at radius 1 is 1.62 bits per heavy atom. The Balaban J connectivity index is 2.22. The molecular formula is C8H9N5O3. The molecule has 1 fully saturated rings. The maximum absolute atomic E-state index is 11.5. The zero-order valence-corrected chi connectivity index (χ0v) is 8.21. The van der Waals surface area contributed by atoms with Crippen LogP contribution in [0.4, 0.5) is 5.95 Å². The smallest absolute Gasteiger partial charge is 0.280 e. The van der Waals surface area contributed by atoms with Crippen molar-refractivity contribution in [3.63, 3.8) is 0 Å². The van der Waals surface area contributed by atoms with Crippen LogP contribution in [0.2, 0.25) is 0 Å². The van der Waals surface area contributed by atoms with Gasteiger partial charge in [0.15, 0.2) is 17.4 Å². The first-order chi connectivity index (χ1) is 7.75. The normalized spacial score (nSPS) is 20.6. The first-order valence-electron chi connectivity index (χ1n) is 4.67. The number of imidazole rings is 1. The number of nitrogens with zero attached hydrogens (tertiary/aromatic N) is 3. The SMILES string of the molecule is Nc1nc2c(ncn2C2COCO2)c(=O)[nH]1. The van der Waals surface area contributed by atoms with Gasteiger partial charge in [-0.05, 0) is 0 Å². The summed E-state index contributed by atoms with van der Waals surface area (Å²) < 4.78 is 12.0. The van der Waals surface area contributed by atoms with Crippen LogP contribution in [-0.2, 0) is 9.47 Å². The number of aromatic nitrogens is 4. The lowest BCUT2D eigenvalue weighted by Gasteiger charge is -2.08. The highest BCUT2D eigenvalue weighted by atomic mass is 16.7. The number of aromatic amines is 1. The Kier molecular flexibility index (Phi) is 1.91. The van der Waals surface area contributed by atoms with Crippen molar-refractivity contribution in [2.75, 3.05) is 19.1 Å². The molecule has 1 atom stereocenters. The number of nitrogen functional groups attached to an aromatic ring is 1. The van der Waals surface area contributed by atoms with E-state index in [0.717, 1.165) is 0 Å². The third kappa shape index (κ3) is 1.27. The lowest BCUT2D eigenvalue weighted by atomic mass is 10.5. The molecule has 3 N–H and O–H groups in total. The van der Waals surface area contributed by atoms with Crippen LogP contribution in [0, 0.1) is 0 Å². The van der Waals surface area contributed by atoms with Crippen LogP contribution < -0.4 is 11.3 Å². The minimum absolute atomic E-state index is 0.0539. The zero-order valence-electron chi connectivity index (χ0n) is 8.21. The van der Waals surface area contributed by atoms with Gasteiger partial charge in [-0.3, -0.25) is 14.3 Å². The van der Waals surface area contributed by atoms with Gasteiger partial charge >= 0.3 is 0 Å². The van der Waals surface area contributed by atoms with E-state index in [9.17, 15) is 4.79 Å². The summed E-state index contributed by atoms with van der Waals surface area (Å²) in [5, 5.41) is 0. The number of ether oxygens (including phenoxy) is 2. The molecule has 3 heterocycles. The predicted molar refractivity (Wildman–Crippen MR) is 53.5 cm³/mol. The summed E-state index contributed by atoms with van der Waals surface area (Å²) >= 11 is 0. The second-order valence-corrected chi connectivity index (χ2v) is 3.39. The first-order valence-corrected chi connectivity index (χ1v) is 4.67. The summed E-state index contributed by atoms with van der Waals surface area (Å²) in [5.41, 5.74) is 5.75. The molecule has 0 aromatic carbocycles. The summed E-state index contributed by atoms with van der Waals surface area (Å²) in [6.45, 7) is 0.628. The summed E-state index contributed by atoms with van der Waals surface area (Å²) in [6.07, 6.45) is 1.18. The van der Waals surface area contributed by atoms with Crippen molar-refractivity contribution in [2.24, 2.45) is 0 Å². The molecule has 16 heavy (non-hydrogen) atoms. The van der Waals surface area contributed by atoms with Gasteiger partial charge in [0.05, 0.1) is 12.9 Å². The number of nitrogens with two attached hydrogens (primary N) is 1. The molecule has 0 radical (unpaired) electrons. The van der Waals surface area contributed by atoms with Crippen LogP contribution >= 0.6 is 0 Å². The largest absolute Gasteiger partial charge is 0.369 e. The molecule has 8 heteroatoms. The monoisotopic (exact) mass is 223 g/mol. The summed E-state index contributed by atoms with van der Waals surface area (Å²) in [5.74, 6) is 0.0539. The molecule has 0 aliphatic carbocycles. The van der Waals surface area contributed by atoms with E-state index in [0.29, 0.717) is 12.3 Å². The summed E-state index contributed by atoms with van der Waals surface area (Å²) in [7, 11) is 0. The van der Waals surface area contributed by atoms with Crippen molar-refractivity contribution >= 4 is 17.1 Å². The number of fused-ring (bicyclic) bond motifs is 1. The Bertz CT molecular complexity index is 583. The van der Waals surface area contributed by atoms with Crippen LogP contribution in [0.25, 0.3) is 11.2 Å². The minimum Gasteiger partial charge on any atom is -0.369 e. The molecule has 1 aliphatic heterocycles. The second kappa shape index (κ2) is 3.29. The molecule has 3 rings (SSSR count). The molecule has 2 aromatic rings. The fraction of sp³-hybridized carbons (Fsp3) is 0.375. The molecule has 84 valence electrons. The maximum Gasteiger partial charge on any atom is 0.280 e. The van der Waals surface area contributed by atoms with Crippen LogP contribution in [-0.4, -0.2) is 32.9 Å². The third-order valence-electron chi connectivity index (χ3n) is 2.37. The van der Waals surface area contributed by atoms with Crippen molar-refractivity contribution in [1.29, 1.82) is 0 Å². The number of hydrogen-bond donors (Lipinski definition) is 2. The summed E-state index contributed by atoms with van der Waals surface area (Å²) in [4.78, 5) is 21.9. The van der Waals surface area contributed by atoms with E-state index >= 15 is 0 Å². The zero-order chi connectivity index (χ0) is 11.1. The van der Waals surface area contributed by atoms with E-state index in [1.165, 1.54) is 6.33 Å². The Labute approximate surface area is 89.0 Å². The number of nitrogens with one attached hydrogen (secondary N) is 1. The van der Waals surface area contributed by atoms with E-state index < -0.39 is 0 Å². The fourth-order valence-corrected chi connectivity index (χ4v) is 1.64. The molecular weight excluding hydrogens is 214 g/mol. The van der Waals surface area contributed by atoms with Gasteiger partial charge in [-0.2, -0.15) is 4.98 Å². The van der Waals surface area contributed by atoms with Crippen molar-refractivity contribution in [2.45, 2.75) is 6.23 Å². The Morgan fingerprint density at radius 3 is 3.25 bits per heavy atom. The van der Waals surface area contributed by atoms with Gasteiger partial charge in [-0.25, -0.2) is 4.98 Å². The molecule has 1 aliphatic rings. The van der Waals surface area contributed by atoms with Crippen molar-refractivity contribution in [1.82, 2.24) is 19.5 Å². The predicted octanol–water partition coefficient (Wildman–Crippen LogP) is -0.795. The standard InChI is InChI=1S/C8H9N5O3/c9-8-11-6-5(7(14)12-8)10-2-13(6)4-1-15-3-16-4/h2,4H,1,3H2,(H3,9,11,12,14). The van der Waals surface area contributed by atoms with Gasteiger partial charge < -0.3 is 15.2 Å². The van der Waals surface area contributed by atoms with Gasteiger partial charge in [0, 0.05) is 0 Å². The molecule has 0 amide bonds. The average molecular weight is 223 g/mol. The van der Waals surface area contributed by atoms with E-state index in [1.54, 1.807) is 4.57 Å². The van der Waals surface area contributed by atoms with Gasteiger partial charge in [0.1, 0.15) is 6.79 Å². The van der Waals surface area contributed by atoms with Crippen molar-refractivity contribution in [3.8, 4) is 0 Å². The van der Waals surface area contributed by atoms with Crippen molar-refractivity contribution in [3.05, 3.63) is 16.7 Å². The number of rotatable bonds is 1. The highest BCUT2D eigenvalue weighted by Crippen LogP contribution is 2.19. The van der Waals surface area contributed by atoms with Crippen LogP contribution in [0.1, 0.15) is 6.23 Å². The lowest BCUT2D eigenvalue weighted by Crippen LogP contribution is -2.14. The number of hydrogen-bond acceptors (Lipinski definition) is 6.